The SMILES string of the molecule is CCN(CC)C(=O)c1cccc(NC(=O)COCC(F)(F)F)c1. The van der Waals surface area contributed by atoms with Crippen LogP contribution in [0, 0.1) is 0 Å². The number of anilines is 1. The molecule has 0 fully saturated rings. The number of hydrogen-bond acceptors (Lipinski definition) is 3. The van der Waals surface area contributed by atoms with Gasteiger partial charge in [-0.2, -0.15) is 13.2 Å². The molecular weight excluding hydrogens is 313 g/mol. The van der Waals surface area contributed by atoms with Crippen molar-refractivity contribution in [2.24, 2.45) is 0 Å². The first-order chi connectivity index (χ1) is 10.8. The van der Waals surface area contributed by atoms with E-state index in [4.69, 9.17) is 0 Å². The summed E-state index contributed by atoms with van der Waals surface area (Å²) in [5.74, 6) is -0.902. The predicted octanol–water partition coefficient (Wildman–Crippen LogP) is 2.69. The standard InChI is InChI=1S/C15H19F3N2O3/c1-3-20(4-2)14(22)11-6-5-7-12(8-11)19-13(21)9-23-10-15(16,17)18/h5-8H,3-4,9-10H2,1-2H3,(H,19,21). The molecule has 0 aromatic heterocycles. The number of alkyl halides is 3. The van der Waals surface area contributed by atoms with E-state index in [0.29, 0.717) is 24.3 Å². The van der Waals surface area contributed by atoms with E-state index < -0.39 is 25.3 Å². The van der Waals surface area contributed by atoms with Crippen LogP contribution in [0.1, 0.15) is 24.2 Å². The number of ether oxygens (including phenoxy) is 1. The minimum atomic E-state index is -4.48. The van der Waals surface area contributed by atoms with Crippen LogP contribution in [0.25, 0.3) is 0 Å². The minimum Gasteiger partial charge on any atom is -0.362 e. The molecule has 0 unspecified atom stereocenters. The molecule has 0 aliphatic rings. The monoisotopic (exact) mass is 332 g/mol. The van der Waals surface area contributed by atoms with Gasteiger partial charge in [-0.3, -0.25) is 9.59 Å². The summed E-state index contributed by atoms with van der Waals surface area (Å²) in [5.41, 5.74) is 0.714. The van der Waals surface area contributed by atoms with Crippen LogP contribution in [0.3, 0.4) is 0 Å². The first-order valence-corrected chi connectivity index (χ1v) is 7.10. The highest BCUT2D eigenvalue weighted by Gasteiger charge is 2.27. The molecule has 8 heteroatoms. The van der Waals surface area contributed by atoms with Crippen LogP contribution in [-0.4, -0.2) is 49.2 Å². The summed E-state index contributed by atoms with van der Waals surface area (Å²) in [6.45, 7) is 2.61. The van der Waals surface area contributed by atoms with Gasteiger partial charge in [-0.15, -0.1) is 0 Å². The molecule has 0 aliphatic carbocycles. The molecule has 128 valence electrons. The van der Waals surface area contributed by atoms with E-state index in [0.717, 1.165) is 0 Å². The average Bonchev–Trinajstić information content (AvgIpc) is 2.47. The van der Waals surface area contributed by atoms with Crippen molar-refractivity contribution in [3.63, 3.8) is 0 Å². The lowest BCUT2D eigenvalue weighted by Crippen LogP contribution is -2.30. The number of rotatable bonds is 7. The van der Waals surface area contributed by atoms with Gasteiger partial charge in [-0.05, 0) is 32.0 Å². The van der Waals surface area contributed by atoms with Gasteiger partial charge < -0.3 is 15.0 Å². The molecule has 0 heterocycles. The molecule has 0 radical (unpaired) electrons. The Morgan fingerprint density at radius 1 is 1.22 bits per heavy atom. The van der Waals surface area contributed by atoms with E-state index >= 15 is 0 Å². The molecule has 0 spiro atoms. The quantitative estimate of drug-likeness (QED) is 0.835. The Labute approximate surface area is 132 Å². The number of nitrogens with one attached hydrogen (secondary N) is 1. The van der Waals surface area contributed by atoms with Gasteiger partial charge in [0.25, 0.3) is 5.91 Å². The lowest BCUT2D eigenvalue weighted by atomic mass is 10.1. The summed E-state index contributed by atoms with van der Waals surface area (Å²) in [7, 11) is 0. The fourth-order valence-corrected chi connectivity index (χ4v) is 1.88. The topological polar surface area (TPSA) is 58.6 Å². The van der Waals surface area contributed by atoms with Crippen LogP contribution >= 0.6 is 0 Å². The fourth-order valence-electron chi connectivity index (χ4n) is 1.88. The van der Waals surface area contributed by atoms with Crippen molar-refractivity contribution in [3.8, 4) is 0 Å². The Kier molecular flexibility index (Phi) is 7.02. The van der Waals surface area contributed by atoms with Crippen molar-refractivity contribution < 1.29 is 27.5 Å². The lowest BCUT2D eigenvalue weighted by Gasteiger charge is -2.19. The molecule has 2 amide bonds. The number of benzene rings is 1. The molecular formula is C15H19F3N2O3. The van der Waals surface area contributed by atoms with Gasteiger partial charge in [0.2, 0.25) is 5.91 Å². The second-order valence-electron chi connectivity index (χ2n) is 4.71. The summed E-state index contributed by atoms with van der Waals surface area (Å²) in [6.07, 6.45) is -4.48. The Morgan fingerprint density at radius 2 is 1.87 bits per heavy atom. The van der Waals surface area contributed by atoms with Crippen LogP contribution in [0.5, 0.6) is 0 Å². The summed E-state index contributed by atoms with van der Waals surface area (Å²) < 4.78 is 40.0. The Hall–Kier alpha value is -2.09. The summed E-state index contributed by atoms with van der Waals surface area (Å²) in [5, 5.41) is 2.40. The lowest BCUT2D eigenvalue weighted by molar-refractivity contribution is -0.174. The first kappa shape index (κ1) is 19.0. The Balaban J connectivity index is 2.63. The number of halogens is 3. The van der Waals surface area contributed by atoms with Crippen LogP contribution in [0.4, 0.5) is 18.9 Å². The average molecular weight is 332 g/mol. The number of carbonyl (C=O) groups excluding carboxylic acids is 2. The van der Waals surface area contributed by atoms with Gasteiger partial charge in [0.15, 0.2) is 0 Å². The Bertz CT molecular complexity index is 543. The van der Waals surface area contributed by atoms with Gasteiger partial charge in [-0.25, -0.2) is 0 Å². The molecule has 0 atom stereocenters. The summed E-state index contributed by atoms with van der Waals surface area (Å²) in [6, 6.07) is 6.21. The van der Waals surface area contributed by atoms with E-state index in [9.17, 15) is 22.8 Å². The Morgan fingerprint density at radius 3 is 2.43 bits per heavy atom. The molecule has 0 saturated heterocycles. The van der Waals surface area contributed by atoms with E-state index in [1.165, 1.54) is 6.07 Å². The molecule has 0 saturated carbocycles. The van der Waals surface area contributed by atoms with Crippen molar-refractivity contribution in [3.05, 3.63) is 29.8 Å². The van der Waals surface area contributed by atoms with Crippen LogP contribution in [0.15, 0.2) is 24.3 Å². The van der Waals surface area contributed by atoms with Crippen LogP contribution in [0.2, 0.25) is 0 Å². The third-order valence-electron chi connectivity index (χ3n) is 2.94. The molecule has 0 aliphatic heterocycles. The normalized spacial score (nSPS) is 11.2. The van der Waals surface area contributed by atoms with Crippen LogP contribution in [-0.2, 0) is 9.53 Å². The zero-order valence-electron chi connectivity index (χ0n) is 12.9. The maximum Gasteiger partial charge on any atom is 0.411 e. The number of nitrogens with zero attached hydrogens (tertiary/aromatic N) is 1. The molecule has 5 nitrogen and oxygen atoms in total. The van der Waals surface area contributed by atoms with E-state index in [-0.39, 0.29) is 5.91 Å². The van der Waals surface area contributed by atoms with Crippen LogP contribution < -0.4 is 5.32 Å². The number of carbonyl (C=O) groups is 2. The second kappa shape index (κ2) is 8.52. The molecule has 1 N–H and O–H groups in total. The maximum atomic E-state index is 12.2. The predicted molar refractivity (Wildman–Crippen MR) is 79.2 cm³/mol. The van der Waals surface area contributed by atoms with Crippen molar-refractivity contribution >= 4 is 17.5 Å². The summed E-state index contributed by atoms with van der Waals surface area (Å²) >= 11 is 0. The van der Waals surface area contributed by atoms with Gasteiger partial charge in [0.05, 0.1) is 0 Å². The first-order valence-electron chi connectivity index (χ1n) is 7.10. The highest BCUT2D eigenvalue weighted by molar-refractivity contribution is 5.97. The minimum absolute atomic E-state index is 0.181. The molecule has 1 aromatic rings. The maximum absolute atomic E-state index is 12.2. The molecule has 0 bridgehead atoms. The zero-order valence-corrected chi connectivity index (χ0v) is 12.9. The summed E-state index contributed by atoms with van der Waals surface area (Å²) in [4.78, 5) is 25.3. The highest BCUT2D eigenvalue weighted by Crippen LogP contribution is 2.15. The van der Waals surface area contributed by atoms with E-state index in [1.54, 1.807) is 23.1 Å². The molecule has 1 rings (SSSR count). The number of hydrogen-bond donors (Lipinski definition) is 1. The molecule has 23 heavy (non-hydrogen) atoms. The van der Waals surface area contributed by atoms with Gasteiger partial charge in [-0.1, -0.05) is 6.07 Å². The smallest absolute Gasteiger partial charge is 0.362 e. The third-order valence-corrected chi connectivity index (χ3v) is 2.94. The van der Waals surface area contributed by atoms with Gasteiger partial charge >= 0.3 is 6.18 Å². The van der Waals surface area contributed by atoms with E-state index in [2.05, 4.69) is 10.1 Å². The van der Waals surface area contributed by atoms with Crippen molar-refractivity contribution in [1.82, 2.24) is 4.90 Å². The highest BCUT2D eigenvalue weighted by atomic mass is 19.4. The number of amides is 2. The van der Waals surface area contributed by atoms with E-state index in [1.807, 2.05) is 13.8 Å². The molecule has 1 aromatic carbocycles. The zero-order chi connectivity index (χ0) is 17.5. The van der Waals surface area contributed by atoms with Gasteiger partial charge in [0.1, 0.15) is 13.2 Å². The second-order valence-corrected chi connectivity index (χ2v) is 4.71. The fraction of sp³-hybridized carbons (Fsp3) is 0.467. The van der Waals surface area contributed by atoms with Gasteiger partial charge in [0, 0.05) is 24.3 Å². The van der Waals surface area contributed by atoms with Crippen molar-refractivity contribution in [2.45, 2.75) is 20.0 Å². The third kappa shape index (κ3) is 6.68. The largest absolute Gasteiger partial charge is 0.411 e. The van der Waals surface area contributed by atoms with Crippen molar-refractivity contribution in [2.75, 3.05) is 31.6 Å². The van der Waals surface area contributed by atoms with Crippen molar-refractivity contribution in [1.29, 1.82) is 0 Å².